The summed E-state index contributed by atoms with van der Waals surface area (Å²) in [7, 11) is 3.02. The van der Waals surface area contributed by atoms with Crippen LogP contribution in [0.2, 0.25) is 0 Å². The van der Waals surface area contributed by atoms with E-state index in [0.717, 1.165) is 11.1 Å². The number of nitrogens with one attached hydrogen (secondary N) is 1. The van der Waals surface area contributed by atoms with Crippen LogP contribution >= 0.6 is 11.8 Å². The molecule has 0 bridgehead atoms. The fourth-order valence-electron chi connectivity index (χ4n) is 4.14. The van der Waals surface area contributed by atoms with Gasteiger partial charge in [0.2, 0.25) is 5.91 Å². The van der Waals surface area contributed by atoms with Crippen LogP contribution in [0.5, 0.6) is 11.5 Å². The first kappa shape index (κ1) is 20.5. The second kappa shape index (κ2) is 7.50. The van der Waals surface area contributed by atoms with Gasteiger partial charge in [0.1, 0.15) is 17.2 Å². The largest absolute Gasteiger partial charge is 0.493 e. The number of carbonyl (C=O) groups is 2. The predicted octanol–water partition coefficient (Wildman–Crippen LogP) is 3.51. The molecule has 2 atom stereocenters. The second-order valence-corrected chi connectivity index (χ2v) is 9.53. The van der Waals surface area contributed by atoms with E-state index in [0.29, 0.717) is 17.1 Å². The molecule has 2 aromatic carbocycles. The SMILES string of the molecule is COc1ccc2c(c1OC)C(=O)N1C2SC(C)(C)C1C(=O)NCc1ccc(F)cc1. The normalized spacial score (nSPS) is 21.2. The average molecular weight is 431 g/mol. The van der Waals surface area contributed by atoms with Crippen LogP contribution in [-0.2, 0) is 11.3 Å². The van der Waals surface area contributed by atoms with E-state index >= 15 is 0 Å². The zero-order valence-corrected chi connectivity index (χ0v) is 18.0. The molecule has 30 heavy (non-hydrogen) atoms. The Hall–Kier alpha value is -2.74. The molecule has 8 heteroatoms. The van der Waals surface area contributed by atoms with Gasteiger partial charge in [-0.2, -0.15) is 0 Å². The Balaban J connectivity index is 1.63. The molecule has 6 nitrogen and oxygen atoms in total. The van der Waals surface area contributed by atoms with E-state index < -0.39 is 10.8 Å². The Morgan fingerprint density at radius 1 is 1.17 bits per heavy atom. The van der Waals surface area contributed by atoms with Crippen LogP contribution in [0, 0.1) is 5.82 Å². The second-order valence-electron chi connectivity index (χ2n) is 7.80. The highest BCUT2D eigenvalue weighted by Gasteiger charge is 2.58. The molecule has 2 aliphatic rings. The standard InChI is InChI=1S/C22H23FN2O4S/c1-22(2)18(19(26)24-11-12-5-7-13(23)8-6-12)25-20(27)16-14(21(25)30-22)9-10-15(28-3)17(16)29-4/h5-10,18,21H,11H2,1-4H3,(H,24,26). The minimum absolute atomic E-state index is 0.244. The molecule has 2 amide bonds. The first-order chi connectivity index (χ1) is 14.3. The maximum absolute atomic E-state index is 13.4. The lowest BCUT2D eigenvalue weighted by atomic mass is 10.0. The van der Waals surface area contributed by atoms with Crippen molar-refractivity contribution in [2.24, 2.45) is 0 Å². The van der Waals surface area contributed by atoms with Crippen LogP contribution in [0.1, 0.15) is 40.7 Å². The molecular formula is C22H23FN2O4S. The molecule has 0 radical (unpaired) electrons. The fourth-order valence-corrected chi connectivity index (χ4v) is 5.72. The first-order valence-electron chi connectivity index (χ1n) is 9.56. The van der Waals surface area contributed by atoms with Gasteiger partial charge >= 0.3 is 0 Å². The lowest BCUT2D eigenvalue weighted by molar-refractivity contribution is -0.126. The van der Waals surface area contributed by atoms with Crippen LogP contribution in [0.25, 0.3) is 0 Å². The number of hydrogen-bond acceptors (Lipinski definition) is 5. The molecular weight excluding hydrogens is 407 g/mol. The van der Waals surface area contributed by atoms with E-state index in [1.54, 1.807) is 34.9 Å². The van der Waals surface area contributed by atoms with E-state index in [1.807, 2.05) is 19.9 Å². The molecule has 2 unspecified atom stereocenters. The summed E-state index contributed by atoms with van der Waals surface area (Å²) in [5.74, 6) is 0.0499. The van der Waals surface area contributed by atoms with Gasteiger partial charge in [-0.05, 0) is 37.6 Å². The van der Waals surface area contributed by atoms with Crippen molar-refractivity contribution in [2.75, 3.05) is 14.2 Å². The lowest BCUT2D eigenvalue weighted by Gasteiger charge is -2.29. The number of carbonyl (C=O) groups excluding carboxylic acids is 2. The van der Waals surface area contributed by atoms with E-state index in [2.05, 4.69) is 5.32 Å². The van der Waals surface area contributed by atoms with Gasteiger partial charge < -0.3 is 19.7 Å². The number of halogens is 1. The molecule has 1 saturated heterocycles. The van der Waals surface area contributed by atoms with Gasteiger partial charge in [0.15, 0.2) is 11.5 Å². The third-order valence-corrected chi connectivity index (χ3v) is 7.06. The molecule has 2 aromatic rings. The van der Waals surface area contributed by atoms with Crippen molar-refractivity contribution < 1.29 is 23.5 Å². The zero-order chi connectivity index (χ0) is 21.6. The number of thioether (sulfide) groups is 1. The van der Waals surface area contributed by atoms with Gasteiger partial charge in [0, 0.05) is 16.9 Å². The topological polar surface area (TPSA) is 67.9 Å². The highest BCUT2D eigenvalue weighted by atomic mass is 32.2. The van der Waals surface area contributed by atoms with Gasteiger partial charge in [-0.3, -0.25) is 9.59 Å². The van der Waals surface area contributed by atoms with Crippen molar-refractivity contribution in [1.29, 1.82) is 0 Å². The van der Waals surface area contributed by atoms with E-state index in [1.165, 1.54) is 26.4 Å². The van der Waals surface area contributed by atoms with Crippen LogP contribution < -0.4 is 14.8 Å². The maximum Gasteiger partial charge on any atom is 0.260 e. The Labute approximate surface area is 178 Å². The third kappa shape index (κ3) is 3.19. The van der Waals surface area contributed by atoms with Gasteiger partial charge in [0.05, 0.1) is 19.8 Å². The molecule has 2 heterocycles. The van der Waals surface area contributed by atoms with E-state index in [9.17, 15) is 14.0 Å². The summed E-state index contributed by atoms with van der Waals surface area (Å²) < 4.78 is 23.4. The Kier molecular flexibility index (Phi) is 5.13. The number of nitrogens with zero attached hydrogens (tertiary/aromatic N) is 1. The molecule has 2 aliphatic heterocycles. The van der Waals surface area contributed by atoms with Crippen molar-refractivity contribution in [1.82, 2.24) is 10.2 Å². The monoisotopic (exact) mass is 430 g/mol. The Bertz CT molecular complexity index is 1010. The van der Waals surface area contributed by atoms with Crippen molar-refractivity contribution in [3.63, 3.8) is 0 Å². The molecule has 1 fully saturated rings. The van der Waals surface area contributed by atoms with Gasteiger partial charge in [-0.15, -0.1) is 11.8 Å². The number of rotatable bonds is 5. The molecule has 0 aromatic heterocycles. The van der Waals surface area contributed by atoms with Crippen LogP contribution in [0.15, 0.2) is 36.4 Å². The van der Waals surface area contributed by atoms with E-state index in [-0.39, 0.29) is 29.6 Å². The molecule has 4 rings (SSSR count). The van der Waals surface area contributed by atoms with Crippen molar-refractivity contribution in [2.45, 2.75) is 36.6 Å². The Morgan fingerprint density at radius 2 is 1.87 bits per heavy atom. The zero-order valence-electron chi connectivity index (χ0n) is 17.2. The van der Waals surface area contributed by atoms with Crippen molar-refractivity contribution in [3.05, 3.63) is 58.9 Å². The van der Waals surface area contributed by atoms with Crippen LogP contribution in [0.3, 0.4) is 0 Å². The summed E-state index contributed by atoms with van der Waals surface area (Å²) in [6.45, 7) is 4.19. The number of amides is 2. The van der Waals surface area contributed by atoms with Crippen LogP contribution in [0.4, 0.5) is 4.39 Å². The third-order valence-electron chi connectivity index (χ3n) is 5.53. The molecule has 0 spiro atoms. The number of methoxy groups -OCH3 is 2. The summed E-state index contributed by atoms with van der Waals surface area (Å²) in [6, 6.07) is 8.94. The van der Waals surface area contributed by atoms with Gasteiger partial charge in [0.25, 0.3) is 5.91 Å². The summed E-state index contributed by atoms with van der Waals surface area (Å²) >= 11 is 1.58. The quantitative estimate of drug-likeness (QED) is 0.786. The van der Waals surface area contributed by atoms with Crippen molar-refractivity contribution in [3.8, 4) is 11.5 Å². The highest BCUT2D eigenvalue weighted by Crippen LogP contribution is 2.58. The summed E-state index contributed by atoms with van der Waals surface area (Å²) in [5.41, 5.74) is 2.05. The minimum atomic E-state index is -0.663. The first-order valence-corrected chi connectivity index (χ1v) is 10.4. The van der Waals surface area contributed by atoms with Gasteiger partial charge in [-0.1, -0.05) is 18.2 Å². The average Bonchev–Trinajstić information content (AvgIpc) is 3.15. The highest BCUT2D eigenvalue weighted by molar-refractivity contribution is 8.01. The number of fused-ring (bicyclic) bond motifs is 3. The summed E-state index contributed by atoms with van der Waals surface area (Å²) in [6.07, 6.45) is 0. The molecule has 0 aliphatic carbocycles. The number of hydrogen-bond donors (Lipinski definition) is 1. The smallest absolute Gasteiger partial charge is 0.260 e. The molecule has 158 valence electrons. The van der Waals surface area contributed by atoms with E-state index in [4.69, 9.17) is 9.47 Å². The van der Waals surface area contributed by atoms with Crippen LogP contribution in [-0.4, -0.2) is 41.7 Å². The fraction of sp³-hybridized carbons (Fsp3) is 0.364. The summed E-state index contributed by atoms with van der Waals surface area (Å²) in [5, 5.41) is 2.63. The summed E-state index contributed by atoms with van der Waals surface area (Å²) in [4.78, 5) is 28.2. The molecule has 1 N–H and O–H groups in total. The molecule has 0 saturated carbocycles. The Morgan fingerprint density at radius 3 is 2.50 bits per heavy atom. The number of benzene rings is 2. The lowest BCUT2D eigenvalue weighted by Crippen LogP contribution is -2.52. The number of ether oxygens (including phenoxy) is 2. The minimum Gasteiger partial charge on any atom is -0.493 e. The van der Waals surface area contributed by atoms with Gasteiger partial charge in [-0.25, -0.2) is 4.39 Å². The predicted molar refractivity (Wildman–Crippen MR) is 112 cm³/mol. The van der Waals surface area contributed by atoms with Crippen molar-refractivity contribution >= 4 is 23.6 Å². The maximum atomic E-state index is 13.4.